The highest BCUT2D eigenvalue weighted by Crippen LogP contribution is 2.23. The maximum atomic E-state index is 9.12. The molecular weight excluding hydrogens is 166 g/mol. The van der Waals surface area contributed by atoms with Crippen molar-refractivity contribution in [1.82, 2.24) is 5.32 Å². The van der Waals surface area contributed by atoms with Crippen LogP contribution in [0.3, 0.4) is 0 Å². The van der Waals surface area contributed by atoms with E-state index < -0.39 is 0 Å². The van der Waals surface area contributed by atoms with Crippen molar-refractivity contribution in [3.63, 3.8) is 0 Å². The zero-order chi connectivity index (χ0) is 9.90. The summed E-state index contributed by atoms with van der Waals surface area (Å²) in [6.45, 7) is 7.54. The van der Waals surface area contributed by atoms with Gasteiger partial charge in [0.15, 0.2) is 0 Å². The molecule has 1 heterocycles. The van der Waals surface area contributed by atoms with E-state index in [1.54, 1.807) is 6.92 Å². The summed E-state index contributed by atoms with van der Waals surface area (Å²) in [5, 5.41) is 12.5. The lowest BCUT2D eigenvalue weighted by Crippen LogP contribution is -2.45. The minimum atomic E-state index is -0.258. The molecular formula is C10H21NO2. The number of ether oxygens (including phenoxy) is 1. The van der Waals surface area contributed by atoms with Crippen LogP contribution in [0.2, 0.25) is 0 Å². The zero-order valence-electron chi connectivity index (χ0n) is 8.84. The quantitative estimate of drug-likeness (QED) is 0.690. The lowest BCUT2D eigenvalue weighted by atomic mass is 9.94. The first kappa shape index (κ1) is 11.0. The Balaban J connectivity index is 2.26. The second kappa shape index (κ2) is 4.40. The van der Waals surface area contributed by atoms with Gasteiger partial charge in [0, 0.05) is 19.2 Å². The van der Waals surface area contributed by atoms with E-state index in [4.69, 9.17) is 9.84 Å². The first-order valence-electron chi connectivity index (χ1n) is 5.05. The van der Waals surface area contributed by atoms with E-state index in [-0.39, 0.29) is 11.7 Å². The van der Waals surface area contributed by atoms with E-state index in [1.165, 1.54) is 0 Å². The number of aliphatic hydroxyl groups excluding tert-OH is 1. The largest absolute Gasteiger partial charge is 0.392 e. The Labute approximate surface area is 80.5 Å². The predicted molar refractivity (Wildman–Crippen MR) is 52.7 cm³/mol. The molecule has 0 aromatic carbocycles. The molecule has 0 amide bonds. The summed E-state index contributed by atoms with van der Waals surface area (Å²) in [4.78, 5) is 0. The normalized spacial score (nSPS) is 30.0. The highest BCUT2D eigenvalue weighted by atomic mass is 16.5. The Hall–Kier alpha value is -0.120. The molecule has 0 aromatic rings. The van der Waals surface area contributed by atoms with Crippen LogP contribution in [-0.4, -0.2) is 36.0 Å². The highest BCUT2D eigenvalue weighted by Gasteiger charge is 2.28. The van der Waals surface area contributed by atoms with Gasteiger partial charge in [0.2, 0.25) is 0 Å². The molecule has 2 atom stereocenters. The Morgan fingerprint density at radius 2 is 2.31 bits per heavy atom. The number of rotatable bonds is 3. The van der Waals surface area contributed by atoms with Gasteiger partial charge in [-0.1, -0.05) is 0 Å². The van der Waals surface area contributed by atoms with Crippen LogP contribution >= 0.6 is 0 Å². The van der Waals surface area contributed by atoms with Gasteiger partial charge in [-0.05, 0) is 33.6 Å². The van der Waals surface area contributed by atoms with Gasteiger partial charge in [-0.25, -0.2) is 0 Å². The molecule has 2 N–H and O–H groups in total. The molecule has 3 heteroatoms. The Morgan fingerprint density at radius 3 is 2.85 bits per heavy atom. The molecule has 3 nitrogen and oxygen atoms in total. The lowest BCUT2D eigenvalue weighted by molar-refractivity contribution is -0.0637. The van der Waals surface area contributed by atoms with Crippen LogP contribution < -0.4 is 5.32 Å². The van der Waals surface area contributed by atoms with Gasteiger partial charge < -0.3 is 15.2 Å². The van der Waals surface area contributed by atoms with Gasteiger partial charge in [0.05, 0.1) is 11.7 Å². The van der Waals surface area contributed by atoms with Gasteiger partial charge in [-0.2, -0.15) is 0 Å². The minimum Gasteiger partial charge on any atom is -0.392 e. The third-order valence-corrected chi connectivity index (χ3v) is 2.40. The summed E-state index contributed by atoms with van der Waals surface area (Å²) >= 11 is 0. The molecule has 1 aliphatic rings. The van der Waals surface area contributed by atoms with Gasteiger partial charge in [0.1, 0.15) is 0 Å². The van der Waals surface area contributed by atoms with Crippen LogP contribution in [0.5, 0.6) is 0 Å². The fraction of sp³-hybridized carbons (Fsp3) is 1.00. The maximum absolute atomic E-state index is 9.12. The maximum Gasteiger partial charge on any atom is 0.0641 e. The van der Waals surface area contributed by atoms with Crippen molar-refractivity contribution in [3.8, 4) is 0 Å². The van der Waals surface area contributed by atoms with E-state index in [0.29, 0.717) is 12.6 Å². The summed E-state index contributed by atoms with van der Waals surface area (Å²) in [7, 11) is 0. The number of hydrogen-bond acceptors (Lipinski definition) is 3. The van der Waals surface area contributed by atoms with Crippen LogP contribution in [-0.2, 0) is 4.74 Å². The van der Waals surface area contributed by atoms with Gasteiger partial charge in [-0.15, -0.1) is 0 Å². The Bertz CT molecular complexity index is 157. The second-order valence-corrected chi connectivity index (χ2v) is 4.56. The highest BCUT2D eigenvalue weighted by molar-refractivity contribution is 4.83. The lowest BCUT2D eigenvalue weighted by Gasteiger charge is -2.36. The zero-order valence-corrected chi connectivity index (χ0v) is 8.84. The van der Waals surface area contributed by atoms with Crippen LogP contribution in [0.15, 0.2) is 0 Å². The van der Waals surface area contributed by atoms with Crippen molar-refractivity contribution in [2.75, 3.05) is 13.2 Å². The van der Waals surface area contributed by atoms with E-state index in [0.717, 1.165) is 19.4 Å². The topological polar surface area (TPSA) is 41.5 Å². The van der Waals surface area contributed by atoms with E-state index >= 15 is 0 Å². The first-order chi connectivity index (χ1) is 5.99. The van der Waals surface area contributed by atoms with Gasteiger partial charge in [0.25, 0.3) is 0 Å². The molecule has 0 bridgehead atoms. The average Bonchev–Trinajstić information content (AvgIpc) is 1.99. The fourth-order valence-electron chi connectivity index (χ4n) is 1.74. The van der Waals surface area contributed by atoms with Crippen molar-refractivity contribution in [2.45, 2.75) is 51.4 Å². The summed E-state index contributed by atoms with van der Waals surface area (Å²) in [5.41, 5.74) is -0.00535. The average molecular weight is 187 g/mol. The molecule has 0 spiro atoms. The monoisotopic (exact) mass is 187 g/mol. The molecule has 1 unspecified atom stereocenters. The number of hydrogen-bond donors (Lipinski definition) is 2. The predicted octanol–water partition coefficient (Wildman–Crippen LogP) is 0.914. The van der Waals surface area contributed by atoms with E-state index in [9.17, 15) is 0 Å². The standard InChI is InChI=1S/C10H21NO2/c1-8(12)7-11-9-4-5-13-10(2,3)6-9/h8-9,11-12H,4-7H2,1-3H3/t8-,9?/m0/s1. The smallest absolute Gasteiger partial charge is 0.0641 e. The number of aliphatic hydroxyl groups is 1. The molecule has 1 saturated heterocycles. The van der Waals surface area contributed by atoms with Gasteiger partial charge in [-0.3, -0.25) is 0 Å². The Kier molecular flexibility index (Phi) is 3.71. The van der Waals surface area contributed by atoms with E-state index in [2.05, 4.69) is 19.2 Å². The molecule has 0 aromatic heterocycles. The van der Waals surface area contributed by atoms with Crippen LogP contribution in [0.1, 0.15) is 33.6 Å². The SMILES string of the molecule is C[C@H](O)CNC1CCOC(C)(C)C1. The van der Waals surface area contributed by atoms with Crippen molar-refractivity contribution in [2.24, 2.45) is 0 Å². The first-order valence-corrected chi connectivity index (χ1v) is 5.05. The fourth-order valence-corrected chi connectivity index (χ4v) is 1.74. The van der Waals surface area contributed by atoms with Crippen LogP contribution in [0.4, 0.5) is 0 Å². The Morgan fingerprint density at radius 1 is 1.62 bits per heavy atom. The van der Waals surface area contributed by atoms with Crippen LogP contribution in [0, 0.1) is 0 Å². The second-order valence-electron chi connectivity index (χ2n) is 4.56. The minimum absolute atomic E-state index is 0.00535. The molecule has 0 radical (unpaired) electrons. The summed E-state index contributed by atoms with van der Waals surface area (Å²) < 4.78 is 5.60. The van der Waals surface area contributed by atoms with E-state index in [1.807, 2.05) is 0 Å². The summed E-state index contributed by atoms with van der Waals surface area (Å²) in [6, 6.07) is 0.498. The van der Waals surface area contributed by atoms with Crippen LogP contribution in [0.25, 0.3) is 0 Å². The van der Waals surface area contributed by atoms with Crippen molar-refractivity contribution in [1.29, 1.82) is 0 Å². The molecule has 0 aliphatic carbocycles. The molecule has 0 saturated carbocycles. The van der Waals surface area contributed by atoms with Gasteiger partial charge >= 0.3 is 0 Å². The van der Waals surface area contributed by atoms with Crippen molar-refractivity contribution < 1.29 is 9.84 Å². The summed E-state index contributed by atoms with van der Waals surface area (Å²) in [5.74, 6) is 0. The summed E-state index contributed by atoms with van der Waals surface area (Å²) in [6.07, 6.45) is 1.82. The van der Waals surface area contributed by atoms with Crippen molar-refractivity contribution >= 4 is 0 Å². The molecule has 1 rings (SSSR count). The van der Waals surface area contributed by atoms with Crippen molar-refractivity contribution in [3.05, 3.63) is 0 Å². The third-order valence-electron chi connectivity index (χ3n) is 2.40. The third kappa shape index (κ3) is 4.07. The number of nitrogens with one attached hydrogen (secondary N) is 1. The molecule has 1 fully saturated rings. The molecule has 13 heavy (non-hydrogen) atoms. The molecule has 1 aliphatic heterocycles. The molecule has 78 valence electrons.